The van der Waals surface area contributed by atoms with E-state index in [1.165, 1.54) is 4.90 Å². The number of imide groups is 1. The lowest BCUT2D eigenvalue weighted by Crippen LogP contribution is -2.28. The molecule has 0 atom stereocenters. The molecule has 1 N–H and O–H groups in total. The minimum Gasteiger partial charge on any atom is -0.307 e. The number of rotatable bonds is 4. The van der Waals surface area contributed by atoms with E-state index in [1.807, 2.05) is 13.0 Å². The lowest BCUT2D eigenvalue weighted by atomic mass is 10.1. The van der Waals surface area contributed by atoms with Crippen LogP contribution in [0, 0.1) is 6.92 Å². The van der Waals surface area contributed by atoms with Gasteiger partial charge in [0.25, 0.3) is 5.91 Å². The van der Waals surface area contributed by atoms with Crippen molar-refractivity contribution in [3.63, 3.8) is 0 Å². The molecule has 3 rings (SSSR count). The Balaban J connectivity index is 1.66. The molecule has 3 amide bonds. The summed E-state index contributed by atoms with van der Waals surface area (Å²) in [7, 11) is 0. The summed E-state index contributed by atoms with van der Waals surface area (Å²) in [5.74, 6) is -0.0509. The molecule has 1 aliphatic heterocycles. The zero-order valence-electron chi connectivity index (χ0n) is 13.3. The molecular formula is C18H17N3O3. The third kappa shape index (κ3) is 3.48. The monoisotopic (exact) mass is 323 g/mol. The summed E-state index contributed by atoms with van der Waals surface area (Å²) in [6.45, 7) is 2.17. The van der Waals surface area contributed by atoms with Gasteiger partial charge in [-0.25, -0.2) is 4.98 Å². The number of anilines is 1. The maximum atomic E-state index is 12.2. The van der Waals surface area contributed by atoms with Gasteiger partial charge in [-0.2, -0.15) is 0 Å². The lowest BCUT2D eigenvalue weighted by molar-refractivity contribution is -0.139. The molecule has 2 aromatic rings. The predicted molar refractivity (Wildman–Crippen MR) is 88.2 cm³/mol. The van der Waals surface area contributed by atoms with Crippen LogP contribution in [-0.2, 0) is 16.1 Å². The number of amides is 3. The van der Waals surface area contributed by atoms with Crippen molar-refractivity contribution in [2.24, 2.45) is 0 Å². The molecule has 0 saturated carbocycles. The van der Waals surface area contributed by atoms with Gasteiger partial charge in [-0.05, 0) is 42.3 Å². The van der Waals surface area contributed by atoms with Gasteiger partial charge in [0.15, 0.2) is 0 Å². The number of carbonyl (C=O) groups excluding carboxylic acids is 3. The number of aromatic nitrogens is 1. The van der Waals surface area contributed by atoms with Crippen molar-refractivity contribution in [3.8, 4) is 0 Å². The van der Waals surface area contributed by atoms with Crippen molar-refractivity contribution in [2.75, 3.05) is 5.32 Å². The van der Waals surface area contributed by atoms with Gasteiger partial charge in [0.2, 0.25) is 11.8 Å². The highest BCUT2D eigenvalue weighted by Gasteiger charge is 2.28. The molecule has 0 spiro atoms. The zero-order chi connectivity index (χ0) is 17.1. The third-order valence-corrected chi connectivity index (χ3v) is 3.87. The summed E-state index contributed by atoms with van der Waals surface area (Å²) in [6.07, 6.45) is 2.20. The van der Waals surface area contributed by atoms with E-state index in [1.54, 1.807) is 36.5 Å². The van der Waals surface area contributed by atoms with Gasteiger partial charge < -0.3 is 5.32 Å². The van der Waals surface area contributed by atoms with Crippen molar-refractivity contribution < 1.29 is 14.4 Å². The maximum absolute atomic E-state index is 12.2. The van der Waals surface area contributed by atoms with E-state index in [9.17, 15) is 14.4 Å². The van der Waals surface area contributed by atoms with E-state index in [-0.39, 0.29) is 37.1 Å². The normalized spacial score (nSPS) is 14.1. The number of carbonyl (C=O) groups is 3. The smallest absolute Gasteiger partial charge is 0.256 e. The van der Waals surface area contributed by atoms with Crippen molar-refractivity contribution >= 4 is 23.5 Å². The lowest BCUT2D eigenvalue weighted by Gasteiger charge is -2.14. The van der Waals surface area contributed by atoms with E-state index in [0.717, 1.165) is 11.1 Å². The van der Waals surface area contributed by atoms with Crippen LogP contribution in [0.25, 0.3) is 0 Å². The number of nitrogens with zero attached hydrogens (tertiary/aromatic N) is 2. The number of likely N-dealkylation sites (tertiary alicyclic amines) is 1. The van der Waals surface area contributed by atoms with Gasteiger partial charge in [-0.1, -0.05) is 12.1 Å². The Morgan fingerprint density at radius 1 is 1.12 bits per heavy atom. The molecule has 1 saturated heterocycles. The molecule has 24 heavy (non-hydrogen) atoms. The van der Waals surface area contributed by atoms with Crippen LogP contribution in [-0.4, -0.2) is 27.6 Å². The molecule has 122 valence electrons. The van der Waals surface area contributed by atoms with E-state index >= 15 is 0 Å². The Morgan fingerprint density at radius 2 is 1.79 bits per heavy atom. The summed E-state index contributed by atoms with van der Waals surface area (Å²) in [5, 5.41) is 2.74. The third-order valence-electron chi connectivity index (χ3n) is 3.87. The standard InChI is InChI=1S/C18H17N3O3/c1-12-8-9-19-15(10-12)20-18(24)14-4-2-13(3-5-14)11-21-16(22)6-7-17(21)23/h2-5,8-10H,6-7,11H2,1H3,(H,19,20,24). The Morgan fingerprint density at radius 3 is 2.42 bits per heavy atom. The van der Waals surface area contributed by atoms with Gasteiger partial charge >= 0.3 is 0 Å². The average molecular weight is 323 g/mol. The van der Waals surface area contributed by atoms with Gasteiger partial charge in [-0.3, -0.25) is 19.3 Å². The molecule has 1 fully saturated rings. The van der Waals surface area contributed by atoms with Gasteiger partial charge in [0, 0.05) is 24.6 Å². The first-order valence-electron chi connectivity index (χ1n) is 7.69. The number of benzene rings is 1. The summed E-state index contributed by atoms with van der Waals surface area (Å²) >= 11 is 0. The van der Waals surface area contributed by atoms with Crippen LogP contribution in [0.15, 0.2) is 42.6 Å². The Kier molecular flexibility index (Phi) is 4.37. The van der Waals surface area contributed by atoms with Gasteiger partial charge in [0.1, 0.15) is 5.82 Å². The Bertz CT molecular complexity index is 783. The second-order valence-electron chi connectivity index (χ2n) is 5.74. The van der Waals surface area contributed by atoms with E-state index in [2.05, 4.69) is 10.3 Å². The van der Waals surface area contributed by atoms with Crippen molar-refractivity contribution in [1.82, 2.24) is 9.88 Å². The largest absolute Gasteiger partial charge is 0.307 e. The highest BCUT2D eigenvalue weighted by molar-refractivity contribution is 6.04. The summed E-state index contributed by atoms with van der Waals surface area (Å²) in [4.78, 5) is 40.8. The zero-order valence-corrected chi connectivity index (χ0v) is 13.3. The van der Waals surface area contributed by atoms with Crippen LogP contribution in [0.3, 0.4) is 0 Å². The SMILES string of the molecule is Cc1ccnc(NC(=O)c2ccc(CN3C(=O)CCC3=O)cc2)c1. The van der Waals surface area contributed by atoms with Gasteiger partial charge in [-0.15, -0.1) is 0 Å². The topological polar surface area (TPSA) is 79.4 Å². The molecule has 0 aliphatic carbocycles. The number of nitrogens with one attached hydrogen (secondary N) is 1. The average Bonchev–Trinajstić information content (AvgIpc) is 2.87. The quantitative estimate of drug-likeness (QED) is 0.876. The minimum atomic E-state index is -0.257. The maximum Gasteiger partial charge on any atom is 0.256 e. The molecule has 0 unspecified atom stereocenters. The molecule has 6 heteroatoms. The Hall–Kier alpha value is -3.02. The second-order valence-corrected chi connectivity index (χ2v) is 5.74. The summed E-state index contributed by atoms with van der Waals surface area (Å²) in [6, 6.07) is 10.5. The number of pyridine rings is 1. The van der Waals surface area contributed by atoms with E-state index < -0.39 is 0 Å². The summed E-state index contributed by atoms with van der Waals surface area (Å²) < 4.78 is 0. The minimum absolute atomic E-state index is 0.146. The van der Waals surface area contributed by atoms with Crippen molar-refractivity contribution in [1.29, 1.82) is 0 Å². The summed E-state index contributed by atoms with van der Waals surface area (Å²) in [5.41, 5.74) is 2.31. The fourth-order valence-electron chi connectivity index (χ4n) is 2.54. The first-order chi connectivity index (χ1) is 11.5. The first-order valence-corrected chi connectivity index (χ1v) is 7.69. The van der Waals surface area contributed by atoms with Crippen molar-refractivity contribution in [2.45, 2.75) is 26.3 Å². The highest BCUT2D eigenvalue weighted by atomic mass is 16.2. The van der Waals surface area contributed by atoms with Crippen molar-refractivity contribution in [3.05, 3.63) is 59.3 Å². The molecule has 1 aromatic carbocycles. The molecule has 6 nitrogen and oxygen atoms in total. The van der Waals surface area contributed by atoms with E-state index in [4.69, 9.17) is 0 Å². The molecule has 1 aliphatic rings. The van der Waals surface area contributed by atoms with Crippen LogP contribution in [0.2, 0.25) is 0 Å². The molecule has 2 heterocycles. The highest BCUT2D eigenvalue weighted by Crippen LogP contribution is 2.16. The van der Waals surface area contributed by atoms with Crippen LogP contribution in [0.1, 0.15) is 34.3 Å². The second kappa shape index (κ2) is 6.62. The number of hydrogen-bond acceptors (Lipinski definition) is 4. The van der Waals surface area contributed by atoms with Crippen LogP contribution < -0.4 is 5.32 Å². The number of aryl methyl sites for hydroxylation is 1. The molecule has 1 aromatic heterocycles. The fourth-order valence-corrected chi connectivity index (χ4v) is 2.54. The fraction of sp³-hybridized carbons (Fsp3) is 0.222. The molecular weight excluding hydrogens is 306 g/mol. The molecule has 0 bridgehead atoms. The van der Waals surface area contributed by atoms with Crippen LogP contribution >= 0.6 is 0 Å². The first kappa shape index (κ1) is 15.9. The molecule has 0 radical (unpaired) electrons. The van der Waals surface area contributed by atoms with Gasteiger partial charge in [0.05, 0.1) is 6.54 Å². The predicted octanol–water partition coefficient (Wildman–Crippen LogP) is 2.29. The number of hydrogen-bond donors (Lipinski definition) is 1. The van der Waals surface area contributed by atoms with Crippen LogP contribution in [0.4, 0.5) is 5.82 Å². The Labute approximate surface area is 139 Å². The van der Waals surface area contributed by atoms with Crippen LogP contribution in [0.5, 0.6) is 0 Å². The van der Waals surface area contributed by atoms with E-state index in [0.29, 0.717) is 11.4 Å².